The Morgan fingerprint density at radius 2 is 1.84 bits per heavy atom. The van der Waals surface area contributed by atoms with Crippen LogP contribution in [-0.4, -0.2) is 64.6 Å². The van der Waals surface area contributed by atoms with Crippen molar-refractivity contribution in [2.24, 2.45) is 5.73 Å². The van der Waals surface area contributed by atoms with E-state index in [0.29, 0.717) is 30.4 Å². The van der Waals surface area contributed by atoms with Crippen molar-refractivity contribution in [1.82, 2.24) is 14.8 Å². The van der Waals surface area contributed by atoms with Gasteiger partial charge in [-0.05, 0) is 42.4 Å². The summed E-state index contributed by atoms with van der Waals surface area (Å²) >= 11 is 1.17. The predicted molar refractivity (Wildman–Crippen MR) is 151 cm³/mol. The Morgan fingerprint density at radius 3 is 2.57 bits per heavy atom. The number of H-pyrrole nitrogens is 1. The first-order valence-electron chi connectivity index (χ1n) is 13.5. The van der Waals surface area contributed by atoms with Crippen LogP contribution in [0.15, 0.2) is 47.3 Å². The number of hydrogen-bond donors (Lipinski definition) is 3. The first kappa shape index (κ1) is 27.4. The summed E-state index contributed by atoms with van der Waals surface area (Å²) in [5.41, 5.74) is 8.45. The van der Waals surface area contributed by atoms with Gasteiger partial charge in [0, 0.05) is 45.2 Å². The van der Waals surface area contributed by atoms with Crippen LogP contribution in [0.3, 0.4) is 0 Å². The average molecular weight is 525 g/mol. The first-order chi connectivity index (χ1) is 17.9. The molecule has 1 aromatic heterocycles. The maximum absolute atomic E-state index is 12.0. The maximum Gasteiger partial charge on any atom is 0.305 e. The Bertz CT molecular complexity index is 1200. The quantitative estimate of drug-likeness (QED) is 0.307. The summed E-state index contributed by atoms with van der Waals surface area (Å²) in [5.74, 6) is 0.223. The Kier molecular flexibility index (Phi) is 9.77. The van der Waals surface area contributed by atoms with E-state index in [1.807, 2.05) is 12.1 Å². The highest BCUT2D eigenvalue weighted by Gasteiger charge is 2.23. The fourth-order valence-corrected chi connectivity index (χ4v) is 6.46. The highest BCUT2D eigenvalue weighted by atomic mass is 32.1. The molecule has 0 bridgehead atoms. The molecule has 0 saturated heterocycles. The van der Waals surface area contributed by atoms with Crippen LogP contribution in [0.25, 0.3) is 10.2 Å². The second kappa shape index (κ2) is 13.2. The topological polar surface area (TPSA) is 103 Å². The van der Waals surface area contributed by atoms with Crippen molar-refractivity contribution in [3.8, 4) is 5.75 Å². The lowest BCUT2D eigenvalue weighted by Crippen LogP contribution is -2.44. The summed E-state index contributed by atoms with van der Waals surface area (Å²) in [6.07, 6.45) is 7.44. The molecule has 1 aliphatic carbocycles. The van der Waals surface area contributed by atoms with E-state index in [2.05, 4.69) is 46.0 Å². The lowest BCUT2D eigenvalue weighted by molar-refractivity contribution is -0.118. The Balaban J connectivity index is 1.45. The molecule has 4 rings (SSSR count). The minimum Gasteiger partial charge on any atom is -0.506 e. The number of nitrogens with one attached hydrogen (secondary N) is 1. The second-order valence-corrected chi connectivity index (χ2v) is 11.4. The molecule has 0 aliphatic heterocycles. The molecule has 0 radical (unpaired) electrons. The van der Waals surface area contributed by atoms with Crippen molar-refractivity contribution in [2.45, 2.75) is 63.8 Å². The molecule has 1 amide bonds. The third kappa shape index (κ3) is 7.66. The van der Waals surface area contributed by atoms with Gasteiger partial charge in [0.1, 0.15) is 11.3 Å². The van der Waals surface area contributed by atoms with Gasteiger partial charge in [-0.2, -0.15) is 0 Å². The molecule has 3 aromatic rings. The average Bonchev–Trinajstić information content (AvgIpc) is 3.31. The molecule has 0 unspecified atom stereocenters. The van der Waals surface area contributed by atoms with Crippen molar-refractivity contribution in [3.05, 3.63) is 63.3 Å². The number of amides is 1. The first-order valence-corrected chi connectivity index (χ1v) is 14.4. The molecule has 1 saturated carbocycles. The molecule has 1 atom stereocenters. The van der Waals surface area contributed by atoms with E-state index < -0.39 is 0 Å². The summed E-state index contributed by atoms with van der Waals surface area (Å²) in [6.45, 7) is 6.49. The van der Waals surface area contributed by atoms with Gasteiger partial charge in [-0.15, -0.1) is 0 Å². The van der Waals surface area contributed by atoms with E-state index in [-0.39, 0.29) is 16.5 Å². The number of phenolic OH excluding ortho intramolecular Hbond substituents is 1. The number of benzene rings is 2. The van der Waals surface area contributed by atoms with Gasteiger partial charge in [0.15, 0.2) is 0 Å². The number of rotatable bonds is 13. The number of phenols is 1. The van der Waals surface area contributed by atoms with E-state index >= 15 is 0 Å². The predicted octanol–water partition coefficient (Wildman–Crippen LogP) is 4.45. The maximum atomic E-state index is 12.0. The molecule has 4 N–H and O–H groups in total. The number of aromatic hydroxyl groups is 1. The summed E-state index contributed by atoms with van der Waals surface area (Å²) in [7, 11) is 0. The second-order valence-electron chi connectivity index (χ2n) is 10.4. The van der Waals surface area contributed by atoms with Gasteiger partial charge in [-0.25, -0.2) is 0 Å². The summed E-state index contributed by atoms with van der Waals surface area (Å²) in [5, 5.41) is 10.2. The van der Waals surface area contributed by atoms with Gasteiger partial charge in [0.05, 0.1) is 4.70 Å². The van der Waals surface area contributed by atoms with Gasteiger partial charge in [0.2, 0.25) is 5.91 Å². The number of carbonyl (C=O) groups is 1. The monoisotopic (exact) mass is 524 g/mol. The highest BCUT2D eigenvalue weighted by molar-refractivity contribution is 7.16. The third-order valence-corrected chi connectivity index (χ3v) is 8.63. The molecule has 8 heteroatoms. The van der Waals surface area contributed by atoms with Crippen LogP contribution in [0, 0.1) is 0 Å². The Morgan fingerprint density at radius 1 is 1.08 bits per heavy atom. The van der Waals surface area contributed by atoms with E-state index in [1.165, 1.54) is 49.0 Å². The number of hydrogen-bond acceptors (Lipinski definition) is 6. The normalized spacial score (nSPS) is 15.5. The highest BCUT2D eigenvalue weighted by Crippen LogP contribution is 2.29. The Labute approximate surface area is 223 Å². The zero-order valence-electron chi connectivity index (χ0n) is 21.8. The van der Waals surface area contributed by atoms with Crippen LogP contribution < -0.4 is 10.6 Å². The summed E-state index contributed by atoms with van der Waals surface area (Å²) < 4.78 is 0.855. The fourth-order valence-electron chi connectivity index (χ4n) is 5.56. The Hall–Kier alpha value is -2.68. The molecule has 37 heavy (non-hydrogen) atoms. The van der Waals surface area contributed by atoms with Crippen molar-refractivity contribution in [2.75, 3.05) is 32.7 Å². The number of aromatic nitrogens is 1. The molecule has 0 spiro atoms. The van der Waals surface area contributed by atoms with E-state index in [4.69, 9.17) is 5.73 Å². The van der Waals surface area contributed by atoms with Crippen molar-refractivity contribution < 1.29 is 9.90 Å². The van der Waals surface area contributed by atoms with Gasteiger partial charge in [-0.1, -0.05) is 73.9 Å². The van der Waals surface area contributed by atoms with Crippen LogP contribution in [0.1, 0.15) is 62.5 Å². The van der Waals surface area contributed by atoms with Gasteiger partial charge < -0.3 is 20.7 Å². The third-order valence-electron chi connectivity index (χ3n) is 7.68. The van der Waals surface area contributed by atoms with Crippen molar-refractivity contribution >= 4 is 27.5 Å². The van der Waals surface area contributed by atoms with Crippen molar-refractivity contribution in [1.29, 1.82) is 0 Å². The number of fused-ring (bicyclic) bond motifs is 1. The largest absolute Gasteiger partial charge is 0.506 e. The number of aromatic amines is 1. The number of carbonyl (C=O) groups excluding carboxylic acids is 1. The molecule has 1 fully saturated rings. The number of nitrogens with zero attached hydrogens (tertiary/aromatic N) is 2. The molecular formula is C29H40N4O3S. The van der Waals surface area contributed by atoms with Crippen molar-refractivity contribution in [3.63, 3.8) is 0 Å². The molecule has 7 nitrogen and oxygen atoms in total. The molecule has 2 aromatic carbocycles. The van der Waals surface area contributed by atoms with Crippen LogP contribution in [0.4, 0.5) is 0 Å². The van der Waals surface area contributed by atoms with Gasteiger partial charge >= 0.3 is 4.87 Å². The fraction of sp³-hybridized carbons (Fsp3) is 0.517. The van der Waals surface area contributed by atoms with E-state index in [0.717, 1.165) is 42.9 Å². The zero-order valence-corrected chi connectivity index (χ0v) is 22.6. The molecule has 1 heterocycles. The number of thiazole rings is 1. The minimum absolute atomic E-state index is 0.124. The lowest BCUT2D eigenvalue weighted by atomic mass is 9.93. The standard InChI is InChI=1S/C29H40N4O3S/c1-21(22-8-4-2-5-9-22)20-32(16-15-26(30)35)18-19-33(24-10-6-3-7-11-24)17-14-23-12-13-25(34)27-28(23)37-29(36)31-27/h2,4-5,8-9,12-13,21,24,34H,3,6-7,10-11,14-20H2,1H3,(H2,30,35)(H,31,36)/t21-/m1/s1. The lowest BCUT2D eigenvalue weighted by Gasteiger charge is -2.36. The van der Waals surface area contributed by atoms with Crippen LogP contribution in [0.2, 0.25) is 0 Å². The van der Waals surface area contributed by atoms with E-state index in [1.54, 1.807) is 6.07 Å². The number of primary amides is 1. The molecule has 200 valence electrons. The SMILES string of the molecule is C[C@H](CN(CCC(N)=O)CCN(CCc1ccc(O)c2[nH]c(=O)sc12)C1CCCCC1)c1ccccc1. The summed E-state index contributed by atoms with van der Waals surface area (Å²) in [6, 6.07) is 14.7. The van der Waals surface area contributed by atoms with Gasteiger partial charge in [-0.3, -0.25) is 14.5 Å². The molecular weight excluding hydrogens is 484 g/mol. The smallest absolute Gasteiger partial charge is 0.305 e. The summed E-state index contributed by atoms with van der Waals surface area (Å²) in [4.78, 5) is 31.2. The van der Waals surface area contributed by atoms with Crippen LogP contribution >= 0.6 is 11.3 Å². The van der Waals surface area contributed by atoms with Crippen LogP contribution in [-0.2, 0) is 11.2 Å². The van der Waals surface area contributed by atoms with E-state index in [9.17, 15) is 14.7 Å². The zero-order chi connectivity index (χ0) is 26.2. The molecule has 1 aliphatic rings. The number of nitrogens with two attached hydrogens (primary N) is 1. The minimum atomic E-state index is -0.261. The van der Waals surface area contributed by atoms with Crippen LogP contribution in [0.5, 0.6) is 5.75 Å². The van der Waals surface area contributed by atoms with Gasteiger partial charge in [0.25, 0.3) is 0 Å².